The minimum atomic E-state index is -0.512. The molecule has 0 radical (unpaired) electrons. The van der Waals surface area contributed by atoms with Crippen molar-refractivity contribution in [2.24, 2.45) is 0 Å². The molecule has 2 aromatic rings. The van der Waals surface area contributed by atoms with Gasteiger partial charge >= 0.3 is 0 Å². The molecule has 0 aliphatic heterocycles. The highest BCUT2D eigenvalue weighted by molar-refractivity contribution is 6.31. The number of halogens is 1. The van der Waals surface area contributed by atoms with Crippen molar-refractivity contribution in [3.63, 3.8) is 0 Å². The average Bonchev–Trinajstić information content (AvgIpc) is 2.57. The van der Waals surface area contributed by atoms with E-state index in [4.69, 9.17) is 16.9 Å². The number of benzene rings is 2. The summed E-state index contributed by atoms with van der Waals surface area (Å²) in [5.74, 6) is -0.512. The summed E-state index contributed by atoms with van der Waals surface area (Å²) in [6, 6.07) is 15.7. The SMILES string of the molecule is Cc1c(Cl)cccc1NC(=O)/C(C#N)=C/c1ccc(C#N)cc1. The van der Waals surface area contributed by atoms with E-state index in [-0.39, 0.29) is 5.57 Å². The van der Waals surface area contributed by atoms with Gasteiger partial charge in [0.2, 0.25) is 0 Å². The van der Waals surface area contributed by atoms with Crippen molar-refractivity contribution < 1.29 is 4.79 Å². The normalized spacial score (nSPS) is 10.5. The van der Waals surface area contributed by atoms with Crippen LogP contribution in [0.15, 0.2) is 48.0 Å². The zero-order valence-electron chi connectivity index (χ0n) is 12.3. The molecule has 1 amide bonds. The molecule has 1 N–H and O–H groups in total. The van der Waals surface area contributed by atoms with Crippen LogP contribution in [0.5, 0.6) is 0 Å². The van der Waals surface area contributed by atoms with Gasteiger partial charge in [0.15, 0.2) is 0 Å². The fourth-order valence-corrected chi connectivity index (χ4v) is 2.08. The molecule has 0 aliphatic carbocycles. The molecular weight excluding hydrogens is 310 g/mol. The number of nitrogens with zero attached hydrogens (tertiary/aromatic N) is 2. The minimum Gasteiger partial charge on any atom is -0.321 e. The second kappa shape index (κ2) is 7.26. The summed E-state index contributed by atoms with van der Waals surface area (Å²) in [5.41, 5.74) is 2.44. The van der Waals surface area contributed by atoms with E-state index in [9.17, 15) is 10.1 Å². The maximum Gasteiger partial charge on any atom is 0.266 e. The molecule has 0 heterocycles. The lowest BCUT2D eigenvalue weighted by Gasteiger charge is -2.08. The molecule has 0 atom stereocenters. The summed E-state index contributed by atoms with van der Waals surface area (Å²) >= 11 is 6.01. The Morgan fingerprint density at radius 2 is 1.87 bits per heavy atom. The molecular formula is C18H12ClN3O. The summed E-state index contributed by atoms with van der Waals surface area (Å²) in [6.45, 7) is 1.79. The molecule has 0 unspecified atom stereocenters. The molecule has 0 saturated heterocycles. The Balaban J connectivity index is 2.24. The first-order chi connectivity index (χ1) is 11.0. The number of nitriles is 2. The van der Waals surface area contributed by atoms with Gasteiger partial charge in [-0.05, 0) is 48.4 Å². The molecule has 2 aromatic carbocycles. The molecule has 0 aromatic heterocycles. The fraction of sp³-hybridized carbons (Fsp3) is 0.0556. The van der Waals surface area contributed by atoms with E-state index < -0.39 is 5.91 Å². The van der Waals surface area contributed by atoms with Crippen LogP contribution in [-0.4, -0.2) is 5.91 Å². The molecule has 4 nitrogen and oxygen atoms in total. The molecule has 0 fully saturated rings. The molecule has 0 aliphatic rings. The number of hydrogen-bond donors (Lipinski definition) is 1. The van der Waals surface area contributed by atoms with E-state index in [1.54, 1.807) is 49.4 Å². The first kappa shape index (κ1) is 16.3. The highest BCUT2D eigenvalue weighted by atomic mass is 35.5. The number of carbonyl (C=O) groups excluding carboxylic acids is 1. The molecule has 112 valence electrons. The smallest absolute Gasteiger partial charge is 0.266 e. The number of hydrogen-bond acceptors (Lipinski definition) is 3. The van der Waals surface area contributed by atoms with E-state index >= 15 is 0 Å². The first-order valence-corrected chi connectivity index (χ1v) is 7.11. The van der Waals surface area contributed by atoms with E-state index in [2.05, 4.69) is 5.32 Å². The molecule has 23 heavy (non-hydrogen) atoms. The number of amides is 1. The van der Waals surface area contributed by atoms with E-state index in [0.717, 1.165) is 5.56 Å². The Hall–Kier alpha value is -3.08. The van der Waals surface area contributed by atoms with Gasteiger partial charge < -0.3 is 5.32 Å². The predicted octanol–water partition coefficient (Wildman–Crippen LogP) is 4.07. The summed E-state index contributed by atoms with van der Waals surface area (Å²) in [7, 11) is 0. The first-order valence-electron chi connectivity index (χ1n) is 6.73. The fourth-order valence-electron chi connectivity index (χ4n) is 1.90. The predicted molar refractivity (Wildman–Crippen MR) is 89.6 cm³/mol. The standard InChI is InChI=1S/C18H12ClN3O/c1-12-16(19)3-2-4-17(12)22-18(23)15(11-21)9-13-5-7-14(10-20)8-6-13/h2-9H,1H3,(H,22,23)/b15-9+. The molecule has 0 bridgehead atoms. The van der Waals surface area contributed by atoms with E-state index in [0.29, 0.717) is 21.8 Å². The van der Waals surface area contributed by atoms with Crippen molar-refractivity contribution in [3.8, 4) is 12.1 Å². The maximum atomic E-state index is 12.2. The highest BCUT2D eigenvalue weighted by Crippen LogP contribution is 2.23. The summed E-state index contributed by atoms with van der Waals surface area (Å²) in [4.78, 5) is 12.2. The van der Waals surface area contributed by atoms with Gasteiger partial charge in [-0.15, -0.1) is 0 Å². The van der Waals surface area contributed by atoms with Gasteiger partial charge in [0.05, 0.1) is 11.6 Å². The van der Waals surface area contributed by atoms with Gasteiger partial charge in [-0.25, -0.2) is 0 Å². The van der Waals surface area contributed by atoms with Crippen molar-refractivity contribution in [2.75, 3.05) is 5.32 Å². The third-order valence-electron chi connectivity index (χ3n) is 3.23. The van der Waals surface area contributed by atoms with Crippen LogP contribution in [0.1, 0.15) is 16.7 Å². The van der Waals surface area contributed by atoms with Gasteiger partial charge in [-0.3, -0.25) is 4.79 Å². The lowest BCUT2D eigenvalue weighted by Crippen LogP contribution is -2.14. The average molecular weight is 322 g/mol. The number of rotatable bonds is 3. The Bertz CT molecular complexity index is 855. The number of anilines is 1. The third kappa shape index (κ3) is 3.97. The van der Waals surface area contributed by atoms with Crippen LogP contribution in [0.4, 0.5) is 5.69 Å². The topological polar surface area (TPSA) is 76.7 Å². The van der Waals surface area contributed by atoms with Crippen LogP contribution in [0.3, 0.4) is 0 Å². The van der Waals surface area contributed by atoms with Gasteiger partial charge in [0.1, 0.15) is 11.6 Å². The van der Waals surface area contributed by atoms with Crippen LogP contribution in [-0.2, 0) is 4.79 Å². The monoisotopic (exact) mass is 321 g/mol. The second-order valence-electron chi connectivity index (χ2n) is 4.77. The lowest BCUT2D eigenvalue weighted by atomic mass is 10.1. The third-order valence-corrected chi connectivity index (χ3v) is 3.64. The van der Waals surface area contributed by atoms with Crippen molar-refractivity contribution in [2.45, 2.75) is 6.92 Å². The minimum absolute atomic E-state index is 0.0333. The molecule has 5 heteroatoms. The van der Waals surface area contributed by atoms with Crippen molar-refractivity contribution in [1.82, 2.24) is 0 Å². The number of nitrogens with one attached hydrogen (secondary N) is 1. The summed E-state index contributed by atoms with van der Waals surface area (Å²) in [6.07, 6.45) is 1.47. The number of carbonyl (C=O) groups is 1. The van der Waals surface area contributed by atoms with Crippen LogP contribution >= 0.6 is 11.6 Å². The summed E-state index contributed by atoms with van der Waals surface area (Å²) in [5, 5.41) is 21.2. The molecule has 0 saturated carbocycles. The zero-order chi connectivity index (χ0) is 16.8. The second-order valence-corrected chi connectivity index (χ2v) is 5.18. The van der Waals surface area contributed by atoms with Crippen molar-refractivity contribution in [3.05, 3.63) is 69.8 Å². The van der Waals surface area contributed by atoms with Crippen LogP contribution in [0.25, 0.3) is 6.08 Å². The Morgan fingerprint density at radius 3 is 2.48 bits per heavy atom. The van der Waals surface area contributed by atoms with Gasteiger partial charge in [-0.2, -0.15) is 10.5 Å². The van der Waals surface area contributed by atoms with Crippen molar-refractivity contribution >= 4 is 29.3 Å². The van der Waals surface area contributed by atoms with Gasteiger partial charge in [-0.1, -0.05) is 29.8 Å². The van der Waals surface area contributed by atoms with Crippen molar-refractivity contribution in [1.29, 1.82) is 10.5 Å². The van der Waals surface area contributed by atoms with Crippen LogP contribution in [0.2, 0.25) is 5.02 Å². The molecule has 0 spiro atoms. The quantitative estimate of drug-likeness (QED) is 0.684. The Kier molecular flexibility index (Phi) is 5.15. The Labute approximate surface area is 139 Å². The maximum absolute atomic E-state index is 12.2. The Morgan fingerprint density at radius 1 is 1.17 bits per heavy atom. The van der Waals surface area contributed by atoms with Crippen LogP contribution < -0.4 is 5.32 Å². The molecule has 2 rings (SSSR count). The highest BCUT2D eigenvalue weighted by Gasteiger charge is 2.11. The van der Waals surface area contributed by atoms with Gasteiger partial charge in [0, 0.05) is 10.7 Å². The summed E-state index contributed by atoms with van der Waals surface area (Å²) < 4.78 is 0. The zero-order valence-corrected chi connectivity index (χ0v) is 13.1. The van der Waals surface area contributed by atoms with Gasteiger partial charge in [0.25, 0.3) is 5.91 Å². The van der Waals surface area contributed by atoms with Crippen LogP contribution in [0, 0.1) is 29.6 Å². The lowest BCUT2D eigenvalue weighted by molar-refractivity contribution is -0.112. The largest absolute Gasteiger partial charge is 0.321 e. The van der Waals surface area contributed by atoms with E-state index in [1.807, 2.05) is 12.1 Å². The van der Waals surface area contributed by atoms with E-state index in [1.165, 1.54) is 6.08 Å².